The Morgan fingerprint density at radius 2 is 2.29 bits per heavy atom. The number of nitrogens with one attached hydrogen (secondary N) is 1. The van der Waals surface area contributed by atoms with Gasteiger partial charge in [-0.05, 0) is 24.6 Å². The standard InChI is InChI=1S/C17H23FN4OS/c1-12(23-4)16-21-15(11-24-16)10-22(3)17(19-2)20-9-13-6-5-7-14(18)8-13/h5-8,11-12H,9-10H2,1-4H3,(H,19,20). The summed E-state index contributed by atoms with van der Waals surface area (Å²) in [5, 5.41) is 6.22. The Morgan fingerprint density at radius 1 is 1.50 bits per heavy atom. The van der Waals surface area contributed by atoms with Gasteiger partial charge in [-0.1, -0.05) is 12.1 Å². The van der Waals surface area contributed by atoms with E-state index in [0.717, 1.165) is 22.2 Å². The fraction of sp³-hybridized carbons (Fsp3) is 0.412. The van der Waals surface area contributed by atoms with Gasteiger partial charge in [0.05, 0.1) is 12.2 Å². The van der Waals surface area contributed by atoms with E-state index in [-0.39, 0.29) is 11.9 Å². The molecule has 2 rings (SSSR count). The highest BCUT2D eigenvalue weighted by Gasteiger charge is 2.12. The minimum Gasteiger partial charge on any atom is -0.375 e. The van der Waals surface area contributed by atoms with Gasteiger partial charge in [0, 0.05) is 33.1 Å². The predicted octanol–water partition coefficient (Wildman–Crippen LogP) is 3.20. The van der Waals surface area contributed by atoms with Crippen molar-refractivity contribution in [1.29, 1.82) is 0 Å². The molecule has 1 unspecified atom stereocenters. The molecule has 1 aromatic carbocycles. The summed E-state index contributed by atoms with van der Waals surface area (Å²) >= 11 is 1.59. The Kier molecular flexibility index (Phi) is 6.69. The second-order valence-electron chi connectivity index (χ2n) is 5.44. The van der Waals surface area contributed by atoms with Gasteiger partial charge in [0.2, 0.25) is 0 Å². The molecule has 0 saturated heterocycles. The van der Waals surface area contributed by atoms with Crippen LogP contribution in [0.15, 0.2) is 34.6 Å². The van der Waals surface area contributed by atoms with Gasteiger partial charge in [-0.25, -0.2) is 9.37 Å². The van der Waals surface area contributed by atoms with Crippen LogP contribution in [0.3, 0.4) is 0 Å². The first-order valence-electron chi connectivity index (χ1n) is 7.66. The van der Waals surface area contributed by atoms with Crippen LogP contribution < -0.4 is 5.32 Å². The van der Waals surface area contributed by atoms with Crippen LogP contribution in [0.25, 0.3) is 0 Å². The van der Waals surface area contributed by atoms with Gasteiger partial charge in [0.1, 0.15) is 16.9 Å². The molecule has 0 bridgehead atoms. The molecule has 0 radical (unpaired) electrons. The number of guanidine groups is 1. The zero-order valence-electron chi connectivity index (χ0n) is 14.4. The van der Waals surface area contributed by atoms with Crippen LogP contribution in [0, 0.1) is 5.82 Å². The highest BCUT2D eigenvalue weighted by molar-refractivity contribution is 7.09. The number of ether oxygens (including phenoxy) is 1. The van der Waals surface area contributed by atoms with Crippen molar-refractivity contribution >= 4 is 17.3 Å². The van der Waals surface area contributed by atoms with Gasteiger partial charge in [0.25, 0.3) is 0 Å². The maximum atomic E-state index is 13.2. The number of halogens is 1. The van der Waals surface area contributed by atoms with Crippen LogP contribution in [0.4, 0.5) is 4.39 Å². The number of hydrogen-bond acceptors (Lipinski definition) is 4. The Hall–Kier alpha value is -1.99. The number of rotatable bonds is 6. The van der Waals surface area contributed by atoms with Crippen molar-refractivity contribution < 1.29 is 9.13 Å². The molecule has 0 spiro atoms. The molecule has 0 aliphatic heterocycles. The summed E-state index contributed by atoms with van der Waals surface area (Å²) in [6.45, 7) is 3.12. The normalized spacial score (nSPS) is 13.0. The van der Waals surface area contributed by atoms with Crippen molar-refractivity contribution in [3.05, 3.63) is 51.7 Å². The van der Waals surface area contributed by atoms with Gasteiger partial charge in [-0.3, -0.25) is 4.99 Å². The van der Waals surface area contributed by atoms with Crippen molar-refractivity contribution in [2.24, 2.45) is 4.99 Å². The zero-order chi connectivity index (χ0) is 17.5. The Morgan fingerprint density at radius 3 is 2.96 bits per heavy atom. The van der Waals surface area contributed by atoms with Crippen LogP contribution in [-0.4, -0.2) is 37.0 Å². The number of benzene rings is 1. The lowest BCUT2D eigenvalue weighted by atomic mass is 10.2. The van der Waals surface area contributed by atoms with Crippen molar-refractivity contribution in [2.75, 3.05) is 21.2 Å². The molecule has 0 aliphatic carbocycles. The van der Waals surface area contributed by atoms with Gasteiger partial charge < -0.3 is 15.0 Å². The van der Waals surface area contributed by atoms with Crippen molar-refractivity contribution in [3.63, 3.8) is 0 Å². The molecule has 1 atom stereocenters. The molecule has 0 aliphatic rings. The summed E-state index contributed by atoms with van der Waals surface area (Å²) in [5.41, 5.74) is 1.84. The van der Waals surface area contributed by atoms with Gasteiger partial charge in [-0.2, -0.15) is 0 Å². The Balaban J connectivity index is 1.94. The molecule has 2 aromatic rings. The Bertz CT molecular complexity index is 689. The molecule has 24 heavy (non-hydrogen) atoms. The minimum absolute atomic E-state index is 0.000490. The molecular weight excluding hydrogens is 327 g/mol. The average molecular weight is 350 g/mol. The second kappa shape index (κ2) is 8.75. The van der Waals surface area contributed by atoms with Crippen LogP contribution in [0.1, 0.15) is 29.3 Å². The average Bonchev–Trinajstić information content (AvgIpc) is 3.03. The molecule has 7 heteroatoms. The lowest BCUT2D eigenvalue weighted by Gasteiger charge is -2.21. The van der Waals surface area contributed by atoms with Crippen LogP contribution >= 0.6 is 11.3 Å². The third-order valence-corrected chi connectivity index (χ3v) is 4.64. The molecule has 1 aromatic heterocycles. The molecule has 130 valence electrons. The van der Waals surface area contributed by atoms with E-state index in [9.17, 15) is 4.39 Å². The highest BCUT2D eigenvalue weighted by atomic mass is 32.1. The van der Waals surface area contributed by atoms with Crippen LogP contribution in [0.2, 0.25) is 0 Å². The van der Waals surface area contributed by atoms with Crippen molar-refractivity contribution in [3.8, 4) is 0 Å². The van der Waals surface area contributed by atoms with Crippen molar-refractivity contribution in [2.45, 2.75) is 26.1 Å². The van der Waals surface area contributed by atoms with E-state index in [1.807, 2.05) is 30.3 Å². The maximum absolute atomic E-state index is 13.2. The Labute approximate surface area is 146 Å². The number of aromatic nitrogens is 1. The zero-order valence-corrected chi connectivity index (χ0v) is 15.2. The topological polar surface area (TPSA) is 49.8 Å². The fourth-order valence-corrected chi connectivity index (χ4v) is 3.06. The third-order valence-electron chi connectivity index (χ3n) is 3.58. The third kappa shape index (κ3) is 5.01. The number of hydrogen-bond donors (Lipinski definition) is 1. The van der Waals surface area contributed by atoms with E-state index in [1.54, 1.807) is 31.6 Å². The molecule has 1 heterocycles. The second-order valence-corrected chi connectivity index (χ2v) is 6.33. The van der Waals surface area contributed by atoms with E-state index in [2.05, 4.69) is 15.3 Å². The molecule has 0 amide bonds. The predicted molar refractivity (Wildman–Crippen MR) is 95.6 cm³/mol. The number of methoxy groups -OCH3 is 1. The summed E-state index contributed by atoms with van der Waals surface area (Å²) in [6.07, 6.45) is -0.000490. The number of thiazole rings is 1. The number of nitrogens with zero attached hydrogens (tertiary/aromatic N) is 3. The van der Waals surface area contributed by atoms with E-state index in [4.69, 9.17) is 4.74 Å². The van der Waals surface area contributed by atoms with Crippen LogP contribution in [-0.2, 0) is 17.8 Å². The molecule has 1 N–H and O–H groups in total. The fourth-order valence-electron chi connectivity index (χ4n) is 2.21. The first-order chi connectivity index (χ1) is 11.5. The first-order valence-corrected chi connectivity index (χ1v) is 8.54. The SMILES string of the molecule is CN=C(NCc1cccc(F)c1)N(C)Cc1csc(C(C)OC)n1. The minimum atomic E-state index is -0.236. The van der Waals surface area contributed by atoms with E-state index >= 15 is 0 Å². The molecule has 0 fully saturated rings. The van der Waals surface area contributed by atoms with Crippen molar-refractivity contribution in [1.82, 2.24) is 15.2 Å². The quantitative estimate of drug-likeness (QED) is 0.642. The summed E-state index contributed by atoms with van der Waals surface area (Å²) in [6, 6.07) is 6.53. The van der Waals surface area contributed by atoms with E-state index in [0.29, 0.717) is 13.1 Å². The lowest BCUT2D eigenvalue weighted by molar-refractivity contribution is 0.119. The monoisotopic (exact) mass is 350 g/mol. The highest BCUT2D eigenvalue weighted by Crippen LogP contribution is 2.20. The number of aliphatic imine (C=N–C) groups is 1. The lowest BCUT2D eigenvalue weighted by Crippen LogP contribution is -2.38. The summed E-state index contributed by atoms with van der Waals surface area (Å²) in [7, 11) is 5.35. The molecular formula is C17H23FN4OS. The first kappa shape index (κ1) is 18.4. The van der Waals surface area contributed by atoms with E-state index in [1.165, 1.54) is 12.1 Å². The summed E-state index contributed by atoms with van der Waals surface area (Å²) in [5.74, 6) is 0.494. The summed E-state index contributed by atoms with van der Waals surface area (Å²) in [4.78, 5) is 10.8. The van der Waals surface area contributed by atoms with E-state index < -0.39 is 0 Å². The molecule has 5 nitrogen and oxygen atoms in total. The maximum Gasteiger partial charge on any atom is 0.194 e. The molecule has 0 saturated carbocycles. The van der Waals surface area contributed by atoms with Gasteiger partial charge >= 0.3 is 0 Å². The van der Waals surface area contributed by atoms with Gasteiger partial charge in [0.15, 0.2) is 5.96 Å². The largest absolute Gasteiger partial charge is 0.375 e. The smallest absolute Gasteiger partial charge is 0.194 e. The van der Waals surface area contributed by atoms with Gasteiger partial charge in [-0.15, -0.1) is 11.3 Å². The summed E-state index contributed by atoms with van der Waals surface area (Å²) < 4.78 is 18.5. The van der Waals surface area contributed by atoms with Crippen LogP contribution in [0.5, 0.6) is 0 Å².